The Bertz CT molecular complexity index is 952. The van der Waals surface area contributed by atoms with E-state index < -0.39 is 0 Å². The fraction of sp³-hybridized carbons (Fsp3) is 0.286. The normalized spacial score (nSPS) is 19.9. The van der Waals surface area contributed by atoms with Crippen molar-refractivity contribution in [1.82, 2.24) is 15.3 Å². The third-order valence-corrected chi connectivity index (χ3v) is 5.10. The van der Waals surface area contributed by atoms with Crippen molar-refractivity contribution in [2.75, 3.05) is 7.11 Å². The number of pyridine rings is 2. The number of amides is 1. The number of nitrogens with zero attached hydrogens (tertiary/aromatic N) is 2. The van der Waals surface area contributed by atoms with Crippen LogP contribution in [0.4, 0.5) is 0 Å². The molecular weight excluding hydrogens is 342 g/mol. The molecule has 138 valence electrons. The molecule has 2 heterocycles. The highest BCUT2D eigenvalue weighted by atomic mass is 16.5. The van der Waals surface area contributed by atoms with Crippen molar-refractivity contribution in [2.45, 2.75) is 25.0 Å². The average Bonchev–Trinajstić information content (AvgIpc) is 2.69. The molecule has 1 aliphatic carbocycles. The monoisotopic (exact) mass is 363 g/mol. The van der Waals surface area contributed by atoms with Gasteiger partial charge in [-0.15, -0.1) is 0 Å². The minimum atomic E-state index is -0.299. The van der Waals surface area contributed by atoms with Gasteiger partial charge in [-0.1, -0.05) is 12.1 Å². The molecule has 1 aliphatic rings. The van der Waals surface area contributed by atoms with E-state index in [4.69, 9.17) is 4.74 Å². The number of carbonyl (C=O) groups is 1. The van der Waals surface area contributed by atoms with Crippen LogP contribution in [-0.2, 0) is 0 Å². The molecule has 1 saturated carbocycles. The fourth-order valence-corrected chi connectivity index (χ4v) is 3.51. The van der Waals surface area contributed by atoms with E-state index in [0.29, 0.717) is 24.3 Å². The van der Waals surface area contributed by atoms with Crippen molar-refractivity contribution in [3.05, 3.63) is 66.0 Å². The zero-order chi connectivity index (χ0) is 18.8. The molecule has 0 radical (unpaired) electrons. The van der Waals surface area contributed by atoms with Gasteiger partial charge in [0.25, 0.3) is 5.91 Å². The maximum Gasteiger partial charge on any atom is 0.251 e. The maximum atomic E-state index is 12.9. The number of fused-ring (bicyclic) bond motifs is 1. The van der Waals surface area contributed by atoms with Crippen LogP contribution in [0.3, 0.4) is 0 Å². The molecule has 6 nitrogen and oxygen atoms in total. The smallest absolute Gasteiger partial charge is 0.251 e. The summed E-state index contributed by atoms with van der Waals surface area (Å²) in [5.74, 6) is 0.559. The maximum absolute atomic E-state index is 12.9. The molecule has 0 saturated heterocycles. The van der Waals surface area contributed by atoms with Crippen molar-refractivity contribution in [1.29, 1.82) is 0 Å². The van der Waals surface area contributed by atoms with Crippen LogP contribution in [0.15, 0.2) is 54.9 Å². The van der Waals surface area contributed by atoms with Crippen LogP contribution in [0.2, 0.25) is 0 Å². The lowest BCUT2D eigenvalue weighted by atomic mass is 9.75. The number of aliphatic hydroxyl groups is 1. The van der Waals surface area contributed by atoms with E-state index in [1.807, 2.05) is 30.3 Å². The van der Waals surface area contributed by atoms with Gasteiger partial charge in [0.2, 0.25) is 5.88 Å². The number of nitrogens with one attached hydrogen (secondary N) is 1. The van der Waals surface area contributed by atoms with Crippen LogP contribution in [0.1, 0.15) is 34.8 Å². The van der Waals surface area contributed by atoms with Gasteiger partial charge >= 0.3 is 0 Å². The Morgan fingerprint density at radius 3 is 2.78 bits per heavy atom. The largest absolute Gasteiger partial charge is 0.481 e. The van der Waals surface area contributed by atoms with E-state index in [1.165, 1.54) is 0 Å². The van der Waals surface area contributed by atoms with Gasteiger partial charge in [-0.2, -0.15) is 0 Å². The van der Waals surface area contributed by atoms with Crippen LogP contribution in [0, 0.1) is 5.92 Å². The Balaban J connectivity index is 1.58. The second kappa shape index (κ2) is 7.32. The molecule has 0 aliphatic heterocycles. The summed E-state index contributed by atoms with van der Waals surface area (Å²) in [6.45, 7) is 0. The number of rotatable bonds is 5. The number of carbonyl (C=O) groups excluding carboxylic acids is 1. The first-order valence-corrected chi connectivity index (χ1v) is 8.97. The van der Waals surface area contributed by atoms with E-state index >= 15 is 0 Å². The van der Waals surface area contributed by atoms with Gasteiger partial charge in [0, 0.05) is 29.4 Å². The third kappa shape index (κ3) is 3.61. The van der Waals surface area contributed by atoms with E-state index in [-0.39, 0.29) is 24.0 Å². The van der Waals surface area contributed by atoms with Crippen molar-refractivity contribution in [2.24, 2.45) is 5.92 Å². The first-order valence-electron chi connectivity index (χ1n) is 8.97. The van der Waals surface area contributed by atoms with Crippen LogP contribution >= 0.6 is 0 Å². The van der Waals surface area contributed by atoms with E-state index in [2.05, 4.69) is 15.3 Å². The van der Waals surface area contributed by atoms with Crippen molar-refractivity contribution in [3.8, 4) is 5.88 Å². The molecule has 0 unspecified atom stereocenters. The summed E-state index contributed by atoms with van der Waals surface area (Å²) in [6.07, 6.45) is 4.49. The van der Waals surface area contributed by atoms with Crippen molar-refractivity contribution in [3.63, 3.8) is 0 Å². The first-order chi connectivity index (χ1) is 13.1. The number of aliphatic hydroxyl groups excluding tert-OH is 1. The van der Waals surface area contributed by atoms with Gasteiger partial charge in [-0.05, 0) is 48.6 Å². The topological polar surface area (TPSA) is 84.3 Å². The Kier molecular flexibility index (Phi) is 4.73. The average molecular weight is 363 g/mol. The fourth-order valence-electron chi connectivity index (χ4n) is 3.51. The molecule has 2 aromatic heterocycles. The van der Waals surface area contributed by atoms with Gasteiger partial charge in [-0.25, -0.2) is 4.98 Å². The molecule has 0 spiro atoms. The van der Waals surface area contributed by atoms with Gasteiger partial charge < -0.3 is 15.2 Å². The molecule has 4 rings (SSSR count). The summed E-state index contributed by atoms with van der Waals surface area (Å²) in [5, 5.41) is 13.8. The minimum absolute atomic E-state index is 0.150. The number of ether oxygens (including phenoxy) is 1. The summed E-state index contributed by atoms with van der Waals surface area (Å²) in [5.41, 5.74) is 2.34. The second-order valence-corrected chi connectivity index (χ2v) is 6.88. The number of methoxy groups -OCH3 is 1. The molecule has 27 heavy (non-hydrogen) atoms. The van der Waals surface area contributed by atoms with Crippen LogP contribution in [0.5, 0.6) is 5.88 Å². The highest BCUT2D eigenvalue weighted by Crippen LogP contribution is 2.38. The summed E-state index contributed by atoms with van der Waals surface area (Å²) >= 11 is 0. The molecule has 2 N–H and O–H groups in total. The van der Waals surface area contributed by atoms with Gasteiger partial charge in [0.15, 0.2) is 0 Å². The summed E-state index contributed by atoms with van der Waals surface area (Å²) in [6, 6.07) is 12.8. The van der Waals surface area contributed by atoms with Crippen LogP contribution in [-0.4, -0.2) is 34.2 Å². The SMILES string of the molecule is COc1ccc([C@@H](NC(=O)c2ccc3ncccc3c2)C2CC(O)C2)cn1. The lowest BCUT2D eigenvalue weighted by molar-refractivity contribution is 0.0234. The number of hydrogen-bond donors (Lipinski definition) is 2. The zero-order valence-corrected chi connectivity index (χ0v) is 15.0. The Morgan fingerprint density at radius 1 is 1.22 bits per heavy atom. The second-order valence-electron chi connectivity index (χ2n) is 6.88. The molecule has 0 bridgehead atoms. The quantitative estimate of drug-likeness (QED) is 0.728. The van der Waals surface area contributed by atoms with Crippen LogP contribution < -0.4 is 10.1 Å². The molecule has 1 aromatic carbocycles. The molecule has 6 heteroatoms. The number of aromatic nitrogens is 2. The Hall–Kier alpha value is -2.99. The number of benzene rings is 1. The lowest BCUT2D eigenvalue weighted by Gasteiger charge is -2.38. The van der Waals surface area contributed by atoms with Crippen LogP contribution in [0.25, 0.3) is 10.9 Å². The predicted molar refractivity (Wildman–Crippen MR) is 101 cm³/mol. The van der Waals surface area contributed by atoms with Crippen molar-refractivity contribution >= 4 is 16.8 Å². The summed E-state index contributed by atoms with van der Waals surface area (Å²) in [7, 11) is 1.57. The molecular formula is C21H21N3O3. The molecule has 1 amide bonds. The standard InChI is InChI=1S/C21H21N3O3/c1-27-19-7-5-15(12-23-19)20(16-10-17(25)11-16)24-21(26)14-4-6-18-13(9-14)3-2-8-22-18/h2-9,12,16-17,20,25H,10-11H2,1H3,(H,24,26)/t16?,17?,20-/m1/s1. The molecule has 3 aromatic rings. The minimum Gasteiger partial charge on any atom is -0.481 e. The van der Waals surface area contributed by atoms with E-state index in [1.54, 1.807) is 31.6 Å². The van der Waals surface area contributed by atoms with E-state index in [9.17, 15) is 9.90 Å². The highest BCUT2D eigenvalue weighted by Gasteiger charge is 2.36. The van der Waals surface area contributed by atoms with Gasteiger partial charge in [-0.3, -0.25) is 9.78 Å². The van der Waals surface area contributed by atoms with Crippen molar-refractivity contribution < 1.29 is 14.6 Å². The van der Waals surface area contributed by atoms with E-state index in [0.717, 1.165) is 16.5 Å². The number of hydrogen-bond acceptors (Lipinski definition) is 5. The lowest BCUT2D eigenvalue weighted by Crippen LogP contribution is -2.41. The molecule has 1 atom stereocenters. The molecule has 1 fully saturated rings. The third-order valence-electron chi connectivity index (χ3n) is 5.10. The van der Waals surface area contributed by atoms with Gasteiger partial charge in [0.05, 0.1) is 24.8 Å². The Labute approximate surface area is 157 Å². The Morgan fingerprint density at radius 2 is 2.07 bits per heavy atom. The summed E-state index contributed by atoms with van der Waals surface area (Å²) < 4.78 is 5.11. The summed E-state index contributed by atoms with van der Waals surface area (Å²) in [4.78, 5) is 21.4. The highest BCUT2D eigenvalue weighted by molar-refractivity contribution is 5.98. The predicted octanol–water partition coefficient (Wildman–Crippen LogP) is 2.88. The zero-order valence-electron chi connectivity index (χ0n) is 15.0. The van der Waals surface area contributed by atoms with Gasteiger partial charge in [0.1, 0.15) is 0 Å². The first kappa shape index (κ1) is 17.4.